The van der Waals surface area contributed by atoms with Crippen molar-refractivity contribution in [1.82, 2.24) is 4.90 Å². The number of hydrogen-bond acceptors (Lipinski definition) is 3. The van der Waals surface area contributed by atoms with Gasteiger partial charge in [0, 0.05) is 11.4 Å². The number of carbonyl (C=O) groups is 1. The van der Waals surface area contributed by atoms with Gasteiger partial charge in [0.1, 0.15) is 0 Å². The summed E-state index contributed by atoms with van der Waals surface area (Å²) >= 11 is 8.07. The molecule has 1 aliphatic rings. The van der Waals surface area contributed by atoms with Gasteiger partial charge in [-0.05, 0) is 53.6 Å². The number of anilines is 1. The summed E-state index contributed by atoms with van der Waals surface area (Å²) in [6.45, 7) is 3.18. The zero-order valence-corrected chi connectivity index (χ0v) is 16.7. The van der Waals surface area contributed by atoms with Gasteiger partial charge in [0.2, 0.25) is 5.91 Å². The Morgan fingerprint density at radius 3 is 2.81 bits per heavy atom. The standard InChI is InChI=1S/C22H21ClN2OS/c1-15-7-8-19(18(23)13-15)24-21(26)14-25-11-9-20-17(10-12-27-20)22(25)16-5-3-2-4-6-16/h2-8,10,12-13,22H,9,11,14H2,1H3,(H,24,26). The molecule has 5 heteroatoms. The highest BCUT2D eigenvalue weighted by atomic mass is 35.5. The number of rotatable bonds is 4. The molecule has 1 amide bonds. The van der Waals surface area contributed by atoms with Gasteiger partial charge >= 0.3 is 0 Å². The highest BCUT2D eigenvalue weighted by molar-refractivity contribution is 7.10. The Morgan fingerprint density at radius 2 is 2.04 bits per heavy atom. The number of nitrogens with one attached hydrogen (secondary N) is 1. The first kappa shape index (κ1) is 18.2. The lowest BCUT2D eigenvalue weighted by Crippen LogP contribution is -2.40. The van der Waals surface area contributed by atoms with Crippen molar-refractivity contribution in [3.05, 3.63) is 86.6 Å². The zero-order chi connectivity index (χ0) is 18.8. The van der Waals surface area contributed by atoms with Crippen LogP contribution < -0.4 is 5.32 Å². The van der Waals surface area contributed by atoms with Gasteiger partial charge in [-0.2, -0.15) is 0 Å². The summed E-state index contributed by atoms with van der Waals surface area (Å²) in [7, 11) is 0. The zero-order valence-electron chi connectivity index (χ0n) is 15.1. The van der Waals surface area contributed by atoms with Crippen molar-refractivity contribution in [3.8, 4) is 0 Å². The third kappa shape index (κ3) is 3.93. The molecule has 2 heterocycles. The molecule has 138 valence electrons. The first-order chi connectivity index (χ1) is 13.1. The van der Waals surface area contributed by atoms with E-state index in [1.165, 1.54) is 16.0 Å². The molecule has 0 saturated carbocycles. The van der Waals surface area contributed by atoms with Gasteiger partial charge in [-0.15, -0.1) is 11.3 Å². The van der Waals surface area contributed by atoms with E-state index in [2.05, 4.69) is 45.9 Å². The number of hydrogen-bond donors (Lipinski definition) is 1. The number of nitrogens with zero attached hydrogens (tertiary/aromatic N) is 1. The van der Waals surface area contributed by atoms with Crippen molar-refractivity contribution >= 4 is 34.5 Å². The second-order valence-electron chi connectivity index (χ2n) is 6.86. The maximum Gasteiger partial charge on any atom is 0.238 e. The molecular formula is C22H21ClN2OS. The quantitative estimate of drug-likeness (QED) is 0.649. The van der Waals surface area contributed by atoms with E-state index >= 15 is 0 Å². The molecule has 1 atom stereocenters. The van der Waals surface area contributed by atoms with Crippen LogP contribution in [0.5, 0.6) is 0 Å². The molecule has 0 bridgehead atoms. The summed E-state index contributed by atoms with van der Waals surface area (Å²) in [5.41, 5.74) is 4.27. The van der Waals surface area contributed by atoms with Gasteiger partial charge < -0.3 is 5.32 Å². The lowest BCUT2D eigenvalue weighted by molar-refractivity contribution is -0.117. The molecule has 1 unspecified atom stereocenters. The van der Waals surface area contributed by atoms with Crippen LogP contribution in [0.1, 0.15) is 27.6 Å². The molecule has 1 aromatic heterocycles. The SMILES string of the molecule is Cc1ccc(NC(=O)CN2CCc3sccc3C2c2ccccc2)c(Cl)c1. The van der Waals surface area contributed by atoms with E-state index < -0.39 is 0 Å². The van der Waals surface area contributed by atoms with E-state index in [4.69, 9.17) is 11.6 Å². The Balaban J connectivity index is 1.56. The predicted octanol–water partition coefficient (Wildman–Crippen LogP) is 5.30. The summed E-state index contributed by atoms with van der Waals surface area (Å²) < 4.78 is 0. The van der Waals surface area contributed by atoms with Crippen LogP contribution in [0.3, 0.4) is 0 Å². The Bertz CT molecular complexity index is 954. The number of fused-ring (bicyclic) bond motifs is 1. The van der Waals surface area contributed by atoms with Crippen molar-refractivity contribution < 1.29 is 4.79 Å². The van der Waals surface area contributed by atoms with Gasteiger partial charge in [-0.3, -0.25) is 9.69 Å². The predicted molar refractivity (Wildman–Crippen MR) is 113 cm³/mol. The summed E-state index contributed by atoms with van der Waals surface area (Å²) in [6.07, 6.45) is 0.981. The smallest absolute Gasteiger partial charge is 0.238 e. The third-order valence-corrected chi connectivity index (χ3v) is 6.24. The molecule has 3 nitrogen and oxygen atoms in total. The first-order valence-electron chi connectivity index (χ1n) is 9.03. The second-order valence-corrected chi connectivity index (χ2v) is 8.27. The summed E-state index contributed by atoms with van der Waals surface area (Å²) in [5.74, 6) is -0.0413. The van der Waals surface area contributed by atoms with Crippen LogP contribution in [0.25, 0.3) is 0 Å². The Hall–Kier alpha value is -2.14. The number of thiophene rings is 1. The second kappa shape index (κ2) is 7.85. The largest absolute Gasteiger partial charge is 0.324 e. The van der Waals surface area contributed by atoms with E-state index in [9.17, 15) is 4.79 Å². The molecule has 0 aliphatic carbocycles. The number of amides is 1. The van der Waals surface area contributed by atoms with E-state index in [0.717, 1.165) is 18.5 Å². The van der Waals surface area contributed by atoms with E-state index in [0.29, 0.717) is 17.3 Å². The average molecular weight is 397 g/mol. The average Bonchev–Trinajstić information content (AvgIpc) is 3.13. The topological polar surface area (TPSA) is 32.3 Å². The molecule has 0 saturated heterocycles. The maximum absolute atomic E-state index is 12.7. The van der Waals surface area contributed by atoms with Crippen LogP contribution in [0, 0.1) is 6.92 Å². The van der Waals surface area contributed by atoms with Crippen molar-refractivity contribution in [2.75, 3.05) is 18.4 Å². The number of benzene rings is 2. The number of halogens is 1. The molecule has 27 heavy (non-hydrogen) atoms. The van der Waals surface area contributed by atoms with Crippen molar-refractivity contribution in [3.63, 3.8) is 0 Å². The van der Waals surface area contributed by atoms with Crippen molar-refractivity contribution in [2.24, 2.45) is 0 Å². The van der Waals surface area contributed by atoms with Crippen molar-refractivity contribution in [1.29, 1.82) is 0 Å². The fraction of sp³-hybridized carbons (Fsp3) is 0.227. The minimum Gasteiger partial charge on any atom is -0.324 e. The van der Waals surface area contributed by atoms with Crippen LogP contribution in [0.15, 0.2) is 60.0 Å². The molecule has 1 aliphatic heterocycles. The van der Waals surface area contributed by atoms with Crippen LogP contribution in [-0.2, 0) is 11.2 Å². The van der Waals surface area contributed by atoms with E-state index in [1.54, 1.807) is 11.3 Å². The maximum atomic E-state index is 12.7. The Labute approximate surface area is 168 Å². The van der Waals surface area contributed by atoms with Gasteiger partial charge in [0.05, 0.1) is 23.3 Å². The minimum absolute atomic E-state index is 0.0413. The number of carbonyl (C=O) groups excluding carboxylic acids is 1. The molecule has 0 radical (unpaired) electrons. The molecule has 0 fully saturated rings. The third-order valence-electron chi connectivity index (χ3n) is 4.93. The summed E-state index contributed by atoms with van der Waals surface area (Å²) in [5, 5.41) is 5.68. The van der Waals surface area contributed by atoms with Gasteiger partial charge in [0.25, 0.3) is 0 Å². The van der Waals surface area contributed by atoms with Gasteiger partial charge in [-0.1, -0.05) is 48.0 Å². The number of aryl methyl sites for hydroxylation is 1. The molecular weight excluding hydrogens is 376 g/mol. The highest BCUT2D eigenvalue weighted by Gasteiger charge is 2.30. The molecule has 1 N–H and O–H groups in total. The normalized spacial score (nSPS) is 16.7. The molecule has 2 aromatic carbocycles. The van der Waals surface area contributed by atoms with E-state index in [1.807, 2.05) is 31.2 Å². The first-order valence-corrected chi connectivity index (χ1v) is 10.3. The lowest BCUT2D eigenvalue weighted by atomic mass is 9.93. The molecule has 0 spiro atoms. The molecule has 3 aromatic rings. The lowest BCUT2D eigenvalue weighted by Gasteiger charge is -2.35. The Morgan fingerprint density at radius 1 is 1.22 bits per heavy atom. The van der Waals surface area contributed by atoms with Crippen molar-refractivity contribution in [2.45, 2.75) is 19.4 Å². The van der Waals surface area contributed by atoms with Gasteiger partial charge in [-0.25, -0.2) is 0 Å². The minimum atomic E-state index is -0.0413. The van der Waals surface area contributed by atoms with Crippen LogP contribution >= 0.6 is 22.9 Å². The van der Waals surface area contributed by atoms with Crippen LogP contribution in [0.4, 0.5) is 5.69 Å². The molecule has 4 rings (SSSR count). The Kier molecular flexibility index (Phi) is 5.30. The monoisotopic (exact) mass is 396 g/mol. The highest BCUT2D eigenvalue weighted by Crippen LogP contribution is 2.37. The summed E-state index contributed by atoms with van der Waals surface area (Å²) in [6, 6.07) is 18.4. The van der Waals surface area contributed by atoms with Crippen LogP contribution in [-0.4, -0.2) is 23.9 Å². The summed E-state index contributed by atoms with van der Waals surface area (Å²) in [4.78, 5) is 16.4. The fourth-order valence-corrected chi connectivity index (χ4v) is 4.85. The van der Waals surface area contributed by atoms with Crippen LogP contribution in [0.2, 0.25) is 5.02 Å². The van der Waals surface area contributed by atoms with Gasteiger partial charge in [0.15, 0.2) is 0 Å². The fourth-order valence-electron chi connectivity index (χ4n) is 3.66. The van der Waals surface area contributed by atoms with E-state index in [-0.39, 0.29) is 11.9 Å².